The van der Waals surface area contributed by atoms with E-state index in [0.717, 1.165) is 12.5 Å². The van der Waals surface area contributed by atoms with Crippen LogP contribution >= 0.6 is 0 Å². The summed E-state index contributed by atoms with van der Waals surface area (Å²) in [6.45, 7) is 13.3. The van der Waals surface area contributed by atoms with Crippen molar-refractivity contribution in [3.8, 4) is 0 Å². The maximum atomic E-state index is 4.89. The predicted molar refractivity (Wildman–Crippen MR) is 95.7 cm³/mol. The zero-order valence-electron chi connectivity index (χ0n) is 16.0. The lowest BCUT2D eigenvalue weighted by Gasteiger charge is -2.49. The molecule has 0 spiro atoms. The molecule has 0 aromatic heterocycles. The third kappa shape index (κ3) is 7.68. The van der Waals surface area contributed by atoms with Gasteiger partial charge < -0.3 is 4.74 Å². The highest BCUT2D eigenvalue weighted by Crippen LogP contribution is 2.53. The Morgan fingerprint density at radius 1 is 0.762 bits per heavy atom. The maximum absolute atomic E-state index is 4.89. The van der Waals surface area contributed by atoms with E-state index in [-0.39, 0.29) is 0 Å². The van der Waals surface area contributed by atoms with Gasteiger partial charge in [0, 0.05) is 13.7 Å². The van der Waals surface area contributed by atoms with Crippen molar-refractivity contribution in [3.63, 3.8) is 0 Å². The summed E-state index contributed by atoms with van der Waals surface area (Å²) in [5, 5.41) is 0. The van der Waals surface area contributed by atoms with Crippen LogP contribution in [0.15, 0.2) is 0 Å². The summed E-state index contributed by atoms with van der Waals surface area (Å²) < 4.78 is 4.89. The van der Waals surface area contributed by atoms with Crippen LogP contribution in [0, 0.1) is 29.6 Å². The van der Waals surface area contributed by atoms with Gasteiger partial charge in [-0.3, -0.25) is 0 Å². The molecule has 0 N–H and O–H groups in total. The van der Waals surface area contributed by atoms with Gasteiger partial charge in [0.05, 0.1) is 0 Å². The molecule has 1 heteroatoms. The van der Waals surface area contributed by atoms with Crippen molar-refractivity contribution in [3.05, 3.63) is 0 Å². The zero-order chi connectivity index (χ0) is 16.3. The summed E-state index contributed by atoms with van der Waals surface area (Å²) >= 11 is 0. The second-order valence-corrected chi connectivity index (χ2v) is 6.85. The molecule has 4 aliphatic carbocycles. The number of rotatable bonds is 3. The summed E-state index contributed by atoms with van der Waals surface area (Å²) in [5.74, 6) is 5.44. The first kappa shape index (κ1) is 21.0. The van der Waals surface area contributed by atoms with Crippen LogP contribution in [-0.4, -0.2) is 13.7 Å². The van der Waals surface area contributed by atoms with Gasteiger partial charge in [0.15, 0.2) is 0 Å². The monoisotopic (exact) mass is 298 g/mol. The first-order valence-corrected chi connectivity index (χ1v) is 9.70. The van der Waals surface area contributed by atoms with E-state index >= 15 is 0 Å². The van der Waals surface area contributed by atoms with Crippen LogP contribution in [0.1, 0.15) is 86.5 Å². The van der Waals surface area contributed by atoms with E-state index in [1.807, 2.05) is 27.7 Å². The molecule has 0 radical (unpaired) electrons. The Labute approximate surface area is 135 Å². The Balaban J connectivity index is 0.000000325. The summed E-state index contributed by atoms with van der Waals surface area (Å²) in [6.07, 6.45) is 10.8. The highest BCUT2D eigenvalue weighted by atomic mass is 16.5. The fourth-order valence-electron chi connectivity index (χ4n) is 4.39. The van der Waals surface area contributed by atoms with E-state index in [4.69, 9.17) is 4.74 Å². The minimum atomic E-state index is 0.727. The van der Waals surface area contributed by atoms with E-state index in [9.17, 15) is 0 Å². The number of ether oxygens (including phenoxy) is 1. The van der Waals surface area contributed by atoms with E-state index in [1.54, 1.807) is 45.6 Å². The van der Waals surface area contributed by atoms with Crippen molar-refractivity contribution >= 4 is 0 Å². The van der Waals surface area contributed by atoms with Crippen molar-refractivity contribution in [2.24, 2.45) is 29.6 Å². The lowest BCUT2D eigenvalue weighted by atomic mass is 9.56. The molecule has 0 heterocycles. The van der Waals surface area contributed by atoms with Gasteiger partial charge in [-0.15, -0.1) is 0 Å². The SMILES string of the molecule is C1C2CC3CC1CC(C2)C3.CC.CC.CCC(C)COC. The van der Waals surface area contributed by atoms with Crippen LogP contribution in [0.5, 0.6) is 0 Å². The van der Waals surface area contributed by atoms with E-state index in [2.05, 4.69) is 13.8 Å². The first-order chi connectivity index (χ1) is 10.2. The minimum Gasteiger partial charge on any atom is -0.384 e. The van der Waals surface area contributed by atoms with Crippen molar-refractivity contribution in [1.82, 2.24) is 0 Å². The average molecular weight is 299 g/mol. The van der Waals surface area contributed by atoms with Crippen molar-refractivity contribution in [1.29, 1.82) is 0 Å². The Bertz CT molecular complexity index is 167. The Hall–Kier alpha value is -0.0400. The van der Waals surface area contributed by atoms with Crippen LogP contribution in [0.4, 0.5) is 0 Å². The van der Waals surface area contributed by atoms with Crippen LogP contribution in [-0.2, 0) is 4.74 Å². The van der Waals surface area contributed by atoms with Gasteiger partial charge in [-0.05, 0) is 68.1 Å². The molecule has 0 aliphatic heterocycles. The second kappa shape index (κ2) is 12.5. The molecule has 21 heavy (non-hydrogen) atoms. The maximum Gasteiger partial charge on any atom is 0.0487 e. The van der Waals surface area contributed by atoms with Crippen LogP contribution < -0.4 is 0 Å². The largest absolute Gasteiger partial charge is 0.384 e. The summed E-state index contributed by atoms with van der Waals surface area (Å²) in [5.41, 5.74) is 0. The molecule has 4 saturated carbocycles. The molecule has 0 aromatic carbocycles. The molecule has 1 atom stereocenters. The van der Waals surface area contributed by atoms with Crippen LogP contribution in [0.25, 0.3) is 0 Å². The topological polar surface area (TPSA) is 9.23 Å². The fourth-order valence-corrected chi connectivity index (χ4v) is 4.39. The second-order valence-electron chi connectivity index (χ2n) is 6.85. The molecular formula is C20H42O. The van der Waals surface area contributed by atoms with Crippen molar-refractivity contribution in [2.75, 3.05) is 13.7 Å². The molecule has 0 aromatic rings. The summed E-state index contributed by atoms with van der Waals surface area (Å²) in [4.78, 5) is 0. The van der Waals surface area contributed by atoms with Gasteiger partial charge in [0.25, 0.3) is 0 Å². The highest BCUT2D eigenvalue weighted by molar-refractivity contribution is 4.92. The lowest BCUT2D eigenvalue weighted by molar-refractivity contribution is 0.0198. The van der Waals surface area contributed by atoms with E-state index < -0.39 is 0 Å². The molecule has 1 nitrogen and oxygen atoms in total. The summed E-state index contributed by atoms with van der Waals surface area (Å²) in [7, 11) is 1.74. The molecule has 4 bridgehead atoms. The number of hydrogen-bond donors (Lipinski definition) is 0. The molecule has 4 aliphatic rings. The molecule has 0 amide bonds. The fraction of sp³-hybridized carbons (Fsp3) is 1.00. The first-order valence-electron chi connectivity index (χ1n) is 9.70. The highest BCUT2D eigenvalue weighted by Gasteiger charge is 2.41. The van der Waals surface area contributed by atoms with E-state index in [0.29, 0.717) is 0 Å². The Morgan fingerprint density at radius 2 is 1.05 bits per heavy atom. The van der Waals surface area contributed by atoms with Gasteiger partial charge in [-0.25, -0.2) is 0 Å². The average Bonchev–Trinajstić information content (AvgIpc) is 2.51. The smallest absolute Gasteiger partial charge is 0.0487 e. The van der Waals surface area contributed by atoms with Crippen molar-refractivity contribution in [2.45, 2.75) is 86.5 Å². The van der Waals surface area contributed by atoms with Gasteiger partial charge in [-0.1, -0.05) is 48.0 Å². The molecule has 4 fully saturated rings. The van der Waals surface area contributed by atoms with Crippen LogP contribution in [0.2, 0.25) is 0 Å². The Kier molecular flexibility index (Phi) is 12.5. The van der Waals surface area contributed by atoms with Gasteiger partial charge >= 0.3 is 0 Å². The molecule has 0 saturated heterocycles. The van der Waals surface area contributed by atoms with Crippen molar-refractivity contribution < 1.29 is 4.74 Å². The van der Waals surface area contributed by atoms with Crippen LogP contribution in [0.3, 0.4) is 0 Å². The van der Waals surface area contributed by atoms with Gasteiger partial charge in [-0.2, -0.15) is 0 Å². The minimum absolute atomic E-state index is 0.727. The lowest BCUT2D eigenvalue weighted by Crippen LogP contribution is -2.38. The molecule has 4 rings (SSSR count). The quantitative estimate of drug-likeness (QED) is 0.573. The van der Waals surface area contributed by atoms with E-state index in [1.165, 1.54) is 30.1 Å². The standard InChI is InChI=1S/C10H16.C6H14O.2C2H6/c1-7-2-9-4-8(1)5-10(3-7)6-9;1-4-6(2)5-7-3;2*1-2/h7-10H,1-6H2;6H,4-5H2,1-3H3;2*1-2H3. The normalized spacial score (nSPS) is 32.7. The molecule has 128 valence electrons. The van der Waals surface area contributed by atoms with Gasteiger partial charge in [0.2, 0.25) is 0 Å². The number of hydrogen-bond acceptors (Lipinski definition) is 1. The number of methoxy groups -OCH3 is 1. The molecular weight excluding hydrogens is 256 g/mol. The van der Waals surface area contributed by atoms with Gasteiger partial charge in [0.1, 0.15) is 0 Å². The molecule has 1 unspecified atom stereocenters. The Morgan fingerprint density at radius 3 is 1.19 bits per heavy atom. The third-order valence-corrected chi connectivity index (χ3v) is 5.15. The zero-order valence-corrected chi connectivity index (χ0v) is 16.0. The third-order valence-electron chi connectivity index (χ3n) is 5.15. The summed E-state index contributed by atoms with van der Waals surface area (Å²) in [6, 6.07) is 0. The predicted octanol–water partition coefficient (Wildman–Crippen LogP) is 6.56.